The molecule has 1 aliphatic heterocycles. The van der Waals surface area contributed by atoms with Crippen LogP contribution in [-0.4, -0.2) is 8.07 Å². The maximum atomic E-state index is 17.8. The molecule has 1 aliphatic rings. The van der Waals surface area contributed by atoms with Crippen molar-refractivity contribution in [3.05, 3.63) is 248 Å². The van der Waals surface area contributed by atoms with E-state index in [4.69, 9.17) is 4.74 Å². The Bertz CT molecular complexity index is 3720. The fraction of sp³-hybridized carbons (Fsp3) is 0.0462. The quantitative estimate of drug-likeness (QED) is 0.100. The van der Waals surface area contributed by atoms with Gasteiger partial charge in [0, 0.05) is 50.9 Å². The lowest BCUT2D eigenvalue weighted by atomic mass is 9.90. The first-order valence-corrected chi connectivity index (χ1v) is 27.4. The van der Waals surface area contributed by atoms with E-state index in [1.54, 1.807) is 6.07 Å². The van der Waals surface area contributed by atoms with Crippen LogP contribution in [0.4, 0.5) is 38.5 Å². The molecule has 3 nitrogen and oxygen atoms in total. The Hall–Kier alpha value is -8.51. The van der Waals surface area contributed by atoms with Gasteiger partial charge in [0.25, 0.3) is 0 Å². The molecule has 0 radical (unpaired) electrons. The highest BCUT2D eigenvalue weighted by Gasteiger charge is 2.28. The largest absolute Gasteiger partial charge is 0.456 e. The second-order valence-corrected chi connectivity index (χ2v) is 24.1. The van der Waals surface area contributed by atoms with Gasteiger partial charge in [0.15, 0.2) is 0 Å². The normalized spacial score (nSPS) is 11.8. The molecule has 0 bridgehead atoms. The zero-order valence-corrected chi connectivity index (χ0v) is 40.3. The maximum Gasteiger partial charge on any atom is 0.148 e. The Morgan fingerprint density at radius 1 is 0.371 bits per heavy atom. The molecule has 5 heteroatoms. The third-order valence-corrected chi connectivity index (χ3v) is 15.7. The summed E-state index contributed by atoms with van der Waals surface area (Å²) >= 11 is 0. The highest BCUT2D eigenvalue weighted by Crippen LogP contribution is 2.53. The third kappa shape index (κ3) is 7.71. The van der Waals surface area contributed by atoms with Gasteiger partial charge in [-0.05, 0) is 123 Å². The summed E-state index contributed by atoms with van der Waals surface area (Å²) in [5.74, 6) is 1.29. The van der Waals surface area contributed by atoms with Crippen molar-refractivity contribution in [1.29, 1.82) is 0 Å². The first-order chi connectivity index (χ1) is 34.3. The standard InChI is InChI=1S/C65H49FN2OSi/c1-70(2,3)53-36-33-50(34-37-53)67(49-25-14-7-15-26-49)52-35-38-55-59-39-47-31-32-51(42-57(47)56-28-18-30-62(64(56)59)69-63(55)43-52)68(61-29-17-16-27-54(61)45-21-10-5-11-22-45)65-58(46-23-12-6-13-24-46)40-48(41-60(65)66)44-19-8-4-9-20-44/h4-43H,1-3H3. The minimum Gasteiger partial charge on any atom is -0.456 e. The van der Waals surface area contributed by atoms with E-state index in [0.717, 1.165) is 106 Å². The van der Waals surface area contributed by atoms with Crippen LogP contribution in [0.3, 0.4) is 0 Å². The number of hydrogen-bond acceptors (Lipinski definition) is 3. The summed E-state index contributed by atoms with van der Waals surface area (Å²) in [6, 6.07) is 84.1. The number of ether oxygens (including phenoxy) is 1. The molecule has 1 heterocycles. The van der Waals surface area contributed by atoms with Crippen LogP contribution in [-0.2, 0) is 0 Å². The minimum atomic E-state index is -1.49. The van der Waals surface area contributed by atoms with Crippen molar-refractivity contribution in [1.82, 2.24) is 0 Å². The van der Waals surface area contributed by atoms with E-state index in [1.807, 2.05) is 60.7 Å². The summed E-state index contributed by atoms with van der Waals surface area (Å²) in [5, 5.41) is 5.66. The molecule has 0 fully saturated rings. The lowest BCUT2D eigenvalue weighted by Gasteiger charge is -2.31. The smallest absolute Gasteiger partial charge is 0.148 e. The second kappa shape index (κ2) is 17.5. The van der Waals surface area contributed by atoms with Crippen LogP contribution in [0.15, 0.2) is 243 Å². The van der Waals surface area contributed by atoms with Crippen molar-refractivity contribution in [2.24, 2.45) is 0 Å². The van der Waals surface area contributed by atoms with E-state index in [0.29, 0.717) is 5.69 Å². The zero-order chi connectivity index (χ0) is 47.3. The van der Waals surface area contributed by atoms with Gasteiger partial charge < -0.3 is 14.5 Å². The predicted molar refractivity (Wildman–Crippen MR) is 296 cm³/mol. The SMILES string of the molecule is C[Si](C)(C)c1ccc(N(c2ccccc2)c2ccc3c(c2)Oc2cccc4c2c-3cc2ccc(N(c3ccccc3-c3ccccc3)c3c(F)cc(-c5ccccc5)cc3-c3ccccc3)cc24)cc1. The van der Waals surface area contributed by atoms with Gasteiger partial charge in [0.05, 0.1) is 19.4 Å². The molecule has 11 aromatic carbocycles. The second-order valence-electron chi connectivity index (χ2n) is 19.1. The lowest BCUT2D eigenvalue weighted by molar-refractivity contribution is 0.487. The fourth-order valence-electron chi connectivity index (χ4n) is 10.2. The Kier molecular flexibility index (Phi) is 10.7. The Morgan fingerprint density at radius 3 is 1.66 bits per heavy atom. The average molecular weight is 921 g/mol. The van der Waals surface area contributed by atoms with E-state index in [9.17, 15) is 0 Å². The van der Waals surface area contributed by atoms with E-state index in [2.05, 4.69) is 205 Å². The molecule has 0 N–H and O–H groups in total. The number of benzene rings is 11. The van der Waals surface area contributed by atoms with Crippen LogP contribution in [0.2, 0.25) is 19.6 Å². The average Bonchev–Trinajstić information content (AvgIpc) is 3.40. The number of fused-ring (bicyclic) bond motifs is 4. The van der Waals surface area contributed by atoms with Gasteiger partial charge in [-0.1, -0.05) is 183 Å². The predicted octanol–water partition coefficient (Wildman–Crippen LogP) is 18.4. The van der Waals surface area contributed by atoms with E-state index in [-0.39, 0.29) is 5.82 Å². The van der Waals surface area contributed by atoms with Gasteiger partial charge in [-0.25, -0.2) is 4.39 Å². The molecular weight excluding hydrogens is 872 g/mol. The molecule has 12 rings (SSSR count). The van der Waals surface area contributed by atoms with E-state index < -0.39 is 8.07 Å². The first kappa shape index (κ1) is 42.8. The van der Waals surface area contributed by atoms with E-state index in [1.165, 1.54) is 5.19 Å². The highest BCUT2D eigenvalue weighted by atomic mass is 28.3. The van der Waals surface area contributed by atoms with Crippen molar-refractivity contribution in [3.8, 4) is 56.0 Å². The van der Waals surface area contributed by atoms with Crippen LogP contribution in [0.25, 0.3) is 66.1 Å². The van der Waals surface area contributed by atoms with Gasteiger partial charge >= 0.3 is 0 Å². The molecule has 0 saturated carbocycles. The van der Waals surface area contributed by atoms with Gasteiger partial charge in [-0.2, -0.15) is 0 Å². The summed E-state index contributed by atoms with van der Waals surface area (Å²) < 4.78 is 24.7. The van der Waals surface area contributed by atoms with Crippen molar-refractivity contribution in [3.63, 3.8) is 0 Å². The number of anilines is 6. The van der Waals surface area contributed by atoms with Gasteiger partial charge in [0.2, 0.25) is 0 Å². The topological polar surface area (TPSA) is 15.7 Å². The highest BCUT2D eigenvalue weighted by molar-refractivity contribution is 6.88. The van der Waals surface area contributed by atoms with Crippen LogP contribution in [0.1, 0.15) is 0 Å². The number of nitrogens with zero attached hydrogens (tertiary/aromatic N) is 2. The fourth-order valence-corrected chi connectivity index (χ4v) is 11.4. The number of rotatable bonds is 10. The van der Waals surface area contributed by atoms with Gasteiger partial charge in [0.1, 0.15) is 17.3 Å². The molecule has 0 unspecified atom stereocenters. The molecular formula is C65H49FN2OSi. The Labute approximate surface area is 410 Å². The summed E-state index contributed by atoms with van der Waals surface area (Å²) in [4.78, 5) is 4.42. The summed E-state index contributed by atoms with van der Waals surface area (Å²) in [7, 11) is -1.49. The molecule has 336 valence electrons. The molecule has 70 heavy (non-hydrogen) atoms. The third-order valence-electron chi connectivity index (χ3n) is 13.6. The van der Waals surface area contributed by atoms with Crippen LogP contribution >= 0.6 is 0 Å². The number of halogens is 1. The van der Waals surface area contributed by atoms with Crippen molar-refractivity contribution >= 4 is 68.9 Å². The summed E-state index contributed by atoms with van der Waals surface area (Å²) in [6.45, 7) is 7.15. The molecule has 0 spiro atoms. The summed E-state index contributed by atoms with van der Waals surface area (Å²) in [5.41, 5.74) is 13.0. The molecule has 11 aromatic rings. The summed E-state index contributed by atoms with van der Waals surface area (Å²) in [6.07, 6.45) is 0. The molecule has 0 amide bonds. The zero-order valence-electron chi connectivity index (χ0n) is 39.3. The number of para-hydroxylation sites is 2. The van der Waals surface area contributed by atoms with Gasteiger partial charge in [-0.3, -0.25) is 0 Å². The van der Waals surface area contributed by atoms with Crippen molar-refractivity contribution in [2.75, 3.05) is 9.80 Å². The van der Waals surface area contributed by atoms with Crippen molar-refractivity contribution in [2.45, 2.75) is 19.6 Å². The molecule has 0 aromatic heterocycles. The Balaban J connectivity index is 1.04. The van der Waals surface area contributed by atoms with Crippen molar-refractivity contribution < 1.29 is 9.13 Å². The molecule has 0 atom stereocenters. The van der Waals surface area contributed by atoms with Crippen LogP contribution in [0.5, 0.6) is 11.5 Å². The minimum absolute atomic E-state index is 0.321. The van der Waals surface area contributed by atoms with Crippen LogP contribution < -0.4 is 19.7 Å². The lowest BCUT2D eigenvalue weighted by Crippen LogP contribution is -2.37. The van der Waals surface area contributed by atoms with Crippen LogP contribution in [0, 0.1) is 5.82 Å². The number of hydrogen-bond donors (Lipinski definition) is 0. The maximum absolute atomic E-state index is 17.8. The Morgan fingerprint density at radius 2 is 0.957 bits per heavy atom. The monoisotopic (exact) mass is 920 g/mol. The molecule has 0 aliphatic carbocycles. The first-order valence-electron chi connectivity index (χ1n) is 23.9. The van der Waals surface area contributed by atoms with Gasteiger partial charge in [-0.15, -0.1) is 0 Å². The molecule has 0 saturated heterocycles. The van der Waals surface area contributed by atoms with E-state index >= 15 is 4.39 Å².